The van der Waals surface area contributed by atoms with Crippen LogP contribution in [-0.4, -0.2) is 23.5 Å². The van der Waals surface area contributed by atoms with Crippen molar-refractivity contribution in [1.82, 2.24) is 0 Å². The molecule has 0 fully saturated rings. The fourth-order valence-electron chi connectivity index (χ4n) is 1.84. The van der Waals surface area contributed by atoms with Crippen LogP contribution in [0.25, 0.3) is 6.08 Å². The SMILES string of the molecule is O=C(O)COc1ccc(C(=O)C=Cc2ccccc2F)c(Cl)c1Cl. The van der Waals surface area contributed by atoms with Crippen molar-refractivity contribution in [3.05, 3.63) is 69.5 Å². The van der Waals surface area contributed by atoms with Gasteiger partial charge in [0.25, 0.3) is 0 Å². The van der Waals surface area contributed by atoms with Gasteiger partial charge in [-0.3, -0.25) is 4.79 Å². The summed E-state index contributed by atoms with van der Waals surface area (Å²) in [6.07, 6.45) is 2.50. The Morgan fingerprint density at radius 1 is 1.12 bits per heavy atom. The maximum Gasteiger partial charge on any atom is 0.341 e. The van der Waals surface area contributed by atoms with Crippen LogP contribution in [0.4, 0.5) is 4.39 Å². The molecule has 0 heterocycles. The maximum atomic E-state index is 13.5. The molecule has 0 spiro atoms. The summed E-state index contributed by atoms with van der Waals surface area (Å²) in [5.41, 5.74) is 0.353. The molecule has 0 saturated carbocycles. The number of rotatable bonds is 6. The van der Waals surface area contributed by atoms with Gasteiger partial charge in [0.15, 0.2) is 12.4 Å². The molecule has 2 aromatic rings. The first kappa shape index (κ1) is 18.0. The lowest BCUT2D eigenvalue weighted by atomic mass is 10.1. The highest BCUT2D eigenvalue weighted by atomic mass is 35.5. The molecule has 0 bridgehead atoms. The summed E-state index contributed by atoms with van der Waals surface area (Å²) < 4.78 is 18.5. The summed E-state index contributed by atoms with van der Waals surface area (Å²) in [5, 5.41) is 8.45. The summed E-state index contributed by atoms with van der Waals surface area (Å²) >= 11 is 12.0. The monoisotopic (exact) mass is 368 g/mol. The topological polar surface area (TPSA) is 63.6 Å². The summed E-state index contributed by atoms with van der Waals surface area (Å²) in [6, 6.07) is 8.70. The Bertz CT molecular complexity index is 818. The van der Waals surface area contributed by atoms with Crippen molar-refractivity contribution in [3.8, 4) is 5.75 Å². The third kappa shape index (κ3) is 4.34. The highest BCUT2D eigenvalue weighted by Crippen LogP contribution is 2.35. The molecule has 0 atom stereocenters. The minimum atomic E-state index is -1.17. The van der Waals surface area contributed by atoms with E-state index in [0.717, 1.165) is 0 Å². The lowest BCUT2D eigenvalue weighted by molar-refractivity contribution is -0.139. The van der Waals surface area contributed by atoms with Crippen LogP contribution < -0.4 is 4.74 Å². The number of hydrogen-bond donors (Lipinski definition) is 1. The number of halogens is 3. The Hall–Kier alpha value is -2.37. The number of carbonyl (C=O) groups is 2. The summed E-state index contributed by atoms with van der Waals surface area (Å²) in [5.74, 6) is -2.05. The third-order valence-electron chi connectivity index (χ3n) is 2.98. The predicted molar refractivity (Wildman–Crippen MR) is 89.4 cm³/mol. The van der Waals surface area contributed by atoms with E-state index >= 15 is 0 Å². The van der Waals surface area contributed by atoms with Gasteiger partial charge in [0.05, 0.1) is 5.02 Å². The first-order chi connectivity index (χ1) is 11.4. The van der Waals surface area contributed by atoms with Gasteiger partial charge in [-0.1, -0.05) is 41.4 Å². The molecule has 0 aliphatic carbocycles. The van der Waals surface area contributed by atoms with Gasteiger partial charge in [-0.05, 0) is 30.4 Å². The molecule has 4 nitrogen and oxygen atoms in total. The molecule has 124 valence electrons. The molecule has 24 heavy (non-hydrogen) atoms. The van der Waals surface area contributed by atoms with Crippen LogP contribution in [0, 0.1) is 5.82 Å². The standard InChI is InChI=1S/C17H11Cl2FO4/c18-16-11(6-8-14(17(16)19)24-9-15(22)23)13(21)7-5-10-3-1-2-4-12(10)20/h1-8H,9H2,(H,22,23). The zero-order chi connectivity index (χ0) is 17.7. The van der Waals surface area contributed by atoms with Gasteiger partial charge in [-0.2, -0.15) is 0 Å². The number of benzene rings is 2. The number of carbonyl (C=O) groups excluding carboxylic acids is 1. The molecule has 0 aliphatic heterocycles. The summed E-state index contributed by atoms with van der Waals surface area (Å²) in [7, 11) is 0. The molecule has 1 N–H and O–H groups in total. The van der Waals surface area contributed by atoms with E-state index in [9.17, 15) is 14.0 Å². The number of allylic oxidation sites excluding steroid dienone is 1. The van der Waals surface area contributed by atoms with Crippen LogP contribution in [-0.2, 0) is 4.79 Å². The molecule has 0 unspecified atom stereocenters. The van der Waals surface area contributed by atoms with E-state index in [2.05, 4.69) is 0 Å². The third-order valence-corrected chi connectivity index (χ3v) is 3.85. The fraction of sp³-hybridized carbons (Fsp3) is 0.0588. The van der Waals surface area contributed by atoms with E-state index in [-0.39, 0.29) is 26.9 Å². The maximum absolute atomic E-state index is 13.5. The van der Waals surface area contributed by atoms with E-state index < -0.39 is 24.2 Å². The van der Waals surface area contributed by atoms with E-state index in [1.165, 1.54) is 36.4 Å². The average molecular weight is 369 g/mol. The smallest absolute Gasteiger partial charge is 0.341 e. The number of hydrogen-bond acceptors (Lipinski definition) is 3. The average Bonchev–Trinajstić information content (AvgIpc) is 2.55. The molecular formula is C17H11Cl2FO4. The van der Waals surface area contributed by atoms with Gasteiger partial charge in [-0.15, -0.1) is 0 Å². The fourth-order valence-corrected chi connectivity index (χ4v) is 2.31. The quantitative estimate of drug-likeness (QED) is 0.602. The Morgan fingerprint density at radius 3 is 2.50 bits per heavy atom. The van der Waals surface area contributed by atoms with E-state index in [1.54, 1.807) is 12.1 Å². The van der Waals surface area contributed by atoms with Gasteiger partial charge in [0.2, 0.25) is 0 Å². The van der Waals surface area contributed by atoms with Gasteiger partial charge >= 0.3 is 5.97 Å². The molecular weight excluding hydrogens is 358 g/mol. The van der Waals surface area contributed by atoms with Crippen molar-refractivity contribution in [1.29, 1.82) is 0 Å². The highest BCUT2D eigenvalue weighted by molar-refractivity contribution is 6.45. The summed E-state index contributed by atoms with van der Waals surface area (Å²) in [6.45, 7) is -0.587. The van der Waals surface area contributed by atoms with Gasteiger partial charge in [-0.25, -0.2) is 9.18 Å². The lowest BCUT2D eigenvalue weighted by Gasteiger charge is -2.09. The van der Waals surface area contributed by atoms with Gasteiger partial charge < -0.3 is 9.84 Å². The minimum Gasteiger partial charge on any atom is -0.480 e. The first-order valence-electron chi connectivity index (χ1n) is 6.69. The van der Waals surface area contributed by atoms with Gasteiger partial charge in [0, 0.05) is 11.1 Å². The van der Waals surface area contributed by atoms with Crippen molar-refractivity contribution >= 4 is 41.0 Å². The number of carboxylic acid groups (broad SMARTS) is 1. The van der Waals surface area contributed by atoms with Crippen molar-refractivity contribution in [2.75, 3.05) is 6.61 Å². The minimum absolute atomic E-state index is 0.0544. The number of ketones is 1. The molecule has 2 rings (SSSR count). The van der Waals surface area contributed by atoms with Crippen LogP contribution >= 0.6 is 23.2 Å². The zero-order valence-electron chi connectivity index (χ0n) is 12.1. The first-order valence-corrected chi connectivity index (χ1v) is 7.45. The van der Waals surface area contributed by atoms with Crippen molar-refractivity contribution in [2.45, 2.75) is 0 Å². The van der Waals surface area contributed by atoms with E-state index in [4.69, 9.17) is 33.0 Å². The zero-order valence-corrected chi connectivity index (χ0v) is 13.6. The predicted octanol–water partition coefficient (Wildman–Crippen LogP) is 4.49. The highest BCUT2D eigenvalue weighted by Gasteiger charge is 2.15. The normalized spacial score (nSPS) is 10.8. The Labute approximate surface area is 147 Å². The number of ether oxygens (including phenoxy) is 1. The summed E-state index contributed by atoms with van der Waals surface area (Å²) in [4.78, 5) is 22.7. The van der Waals surface area contributed by atoms with Crippen LogP contribution in [0.1, 0.15) is 15.9 Å². The van der Waals surface area contributed by atoms with E-state index in [0.29, 0.717) is 0 Å². The molecule has 7 heteroatoms. The molecule has 0 aliphatic rings. The van der Waals surface area contributed by atoms with Crippen molar-refractivity contribution in [2.24, 2.45) is 0 Å². The Balaban J connectivity index is 2.22. The van der Waals surface area contributed by atoms with E-state index in [1.807, 2.05) is 0 Å². The van der Waals surface area contributed by atoms with Crippen LogP contribution in [0.3, 0.4) is 0 Å². The molecule has 0 radical (unpaired) electrons. The van der Waals surface area contributed by atoms with Crippen molar-refractivity contribution in [3.63, 3.8) is 0 Å². The van der Waals surface area contributed by atoms with Crippen molar-refractivity contribution < 1.29 is 23.8 Å². The molecule has 2 aromatic carbocycles. The van der Waals surface area contributed by atoms with Gasteiger partial charge in [0.1, 0.15) is 16.6 Å². The Kier molecular flexibility index (Phi) is 5.95. The molecule has 0 amide bonds. The van der Waals surface area contributed by atoms with Crippen LogP contribution in [0.15, 0.2) is 42.5 Å². The molecule has 0 aromatic heterocycles. The lowest BCUT2D eigenvalue weighted by Crippen LogP contribution is -2.10. The second kappa shape index (κ2) is 7.95. The number of aliphatic carboxylic acids is 1. The number of carboxylic acids is 1. The van der Waals surface area contributed by atoms with Crippen LogP contribution in [0.2, 0.25) is 10.0 Å². The second-order valence-electron chi connectivity index (χ2n) is 4.64. The van der Waals surface area contributed by atoms with Crippen LogP contribution in [0.5, 0.6) is 5.75 Å². The Morgan fingerprint density at radius 2 is 1.83 bits per heavy atom. The second-order valence-corrected chi connectivity index (χ2v) is 5.40. The molecule has 0 saturated heterocycles. The largest absolute Gasteiger partial charge is 0.480 e.